The lowest BCUT2D eigenvalue weighted by atomic mass is 10.4. The van der Waals surface area contributed by atoms with Crippen molar-refractivity contribution in [3.8, 4) is 0 Å². The molecule has 2 rings (SSSR count). The number of sulfone groups is 1. The lowest BCUT2D eigenvalue weighted by Gasteiger charge is -2.07. The second-order valence-electron chi connectivity index (χ2n) is 4.59. The van der Waals surface area contributed by atoms with E-state index in [2.05, 4.69) is 15.6 Å². The average molecular weight is 339 g/mol. The van der Waals surface area contributed by atoms with Crippen LogP contribution in [0.1, 0.15) is 9.88 Å². The molecule has 1 aromatic carbocycles. The largest absolute Gasteiger partial charge is 0.337 e. The van der Waals surface area contributed by atoms with Gasteiger partial charge in [-0.25, -0.2) is 18.2 Å². The van der Waals surface area contributed by atoms with Crippen LogP contribution in [-0.2, 0) is 16.4 Å². The van der Waals surface area contributed by atoms with E-state index in [0.29, 0.717) is 6.54 Å². The third-order valence-corrected chi connectivity index (χ3v) is 5.50. The minimum atomic E-state index is -3.37. The lowest BCUT2D eigenvalue weighted by molar-refractivity contribution is 0.241. The van der Waals surface area contributed by atoms with Crippen molar-refractivity contribution in [1.82, 2.24) is 15.6 Å². The summed E-state index contributed by atoms with van der Waals surface area (Å²) in [7, 11) is -3.37. The zero-order valence-corrected chi connectivity index (χ0v) is 13.7. The Morgan fingerprint density at radius 3 is 2.59 bits per heavy atom. The first-order chi connectivity index (χ1) is 10.5. The highest BCUT2D eigenvalue weighted by Crippen LogP contribution is 2.11. The van der Waals surface area contributed by atoms with Gasteiger partial charge in [-0.15, -0.1) is 11.3 Å². The maximum absolute atomic E-state index is 12.0. The molecule has 0 aliphatic rings. The van der Waals surface area contributed by atoms with Gasteiger partial charge in [0, 0.05) is 17.6 Å². The van der Waals surface area contributed by atoms with Gasteiger partial charge < -0.3 is 10.6 Å². The van der Waals surface area contributed by atoms with Crippen molar-refractivity contribution in [2.24, 2.45) is 0 Å². The summed E-state index contributed by atoms with van der Waals surface area (Å²) in [5, 5.41) is 6.14. The van der Waals surface area contributed by atoms with Gasteiger partial charge in [-0.1, -0.05) is 18.2 Å². The normalized spacial score (nSPS) is 11.1. The fourth-order valence-corrected chi connectivity index (χ4v) is 3.67. The summed E-state index contributed by atoms with van der Waals surface area (Å²) >= 11 is 1.51. The molecule has 2 aromatic rings. The highest BCUT2D eigenvalue weighted by molar-refractivity contribution is 7.91. The minimum Gasteiger partial charge on any atom is -0.337 e. The summed E-state index contributed by atoms with van der Waals surface area (Å²) in [6, 6.07) is 7.79. The summed E-state index contributed by atoms with van der Waals surface area (Å²) in [6.07, 6.45) is 1.71. The maximum Gasteiger partial charge on any atom is 0.315 e. The van der Waals surface area contributed by atoms with Crippen LogP contribution in [-0.4, -0.2) is 31.7 Å². The standard InChI is InChI=1S/C14H17N3O3S2/c1-11-16-9-12(21-11)10-17-14(18)15-7-8-22(19,20)13-5-3-2-4-6-13/h2-6,9H,7-8,10H2,1H3,(H2,15,17,18). The molecule has 1 heterocycles. The van der Waals surface area contributed by atoms with Crippen molar-refractivity contribution in [3.63, 3.8) is 0 Å². The third-order valence-electron chi connectivity index (χ3n) is 2.85. The van der Waals surface area contributed by atoms with Crippen LogP contribution in [0.3, 0.4) is 0 Å². The number of amides is 2. The summed E-state index contributed by atoms with van der Waals surface area (Å²) in [5.41, 5.74) is 0. The van der Waals surface area contributed by atoms with Crippen LogP contribution in [0, 0.1) is 6.92 Å². The van der Waals surface area contributed by atoms with Gasteiger partial charge in [0.05, 0.1) is 22.2 Å². The molecule has 118 valence electrons. The quantitative estimate of drug-likeness (QED) is 0.839. The van der Waals surface area contributed by atoms with Gasteiger partial charge in [-0.2, -0.15) is 0 Å². The molecule has 8 heteroatoms. The molecule has 2 amide bonds. The number of aromatic nitrogens is 1. The van der Waals surface area contributed by atoms with Gasteiger partial charge >= 0.3 is 6.03 Å². The number of rotatable bonds is 6. The summed E-state index contributed by atoms with van der Waals surface area (Å²) in [4.78, 5) is 16.9. The van der Waals surface area contributed by atoms with Crippen LogP contribution in [0.2, 0.25) is 0 Å². The molecule has 0 spiro atoms. The summed E-state index contributed by atoms with van der Waals surface area (Å²) < 4.78 is 24.0. The molecule has 22 heavy (non-hydrogen) atoms. The molecule has 0 aliphatic carbocycles. The van der Waals surface area contributed by atoms with Crippen molar-refractivity contribution >= 4 is 27.2 Å². The first-order valence-corrected chi connectivity index (χ1v) is 9.15. The molecule has 0 saturated heterocycles. The van der Waals surface area contributed by atoms with Crippen LogP contribution < -0.4 is 10.6 Å². The van der Waals surface area contributed by atoms with Crippen LogP contribution in [0.15, 0.2) is 41.4 Å². The number of hydrogen-bond donors (Lipinski definition) is 2. The van der Waals surface area contributed by atoms with E-state index < -0.39 is 15.9 Å². The molecule has 0 radical (unpaired) electrons. The predicted octanol–water partition coefficient (Wildman–Crippen LogP) is 1.72. The Morgan fingerprint density at radius 2 is 1.95 bits per heavy atom. The lowest BCUT2D eigenvalue weighted by Crippen LogP contribution is -2.37. The maximum atomic E-state index is 12.0. The summed E-state index contributed by atoms with van der Waals surface area (Å²) in [5.74, 6) is -0.135. The summed E-state index contributed by atoms with van der Waals surface area (Å²) in [6.45, 7) is 2.33. The van der Waals surface area contributed by atoms with Crippen LogP contribution in [0.5, 0.6) is 0 Å². The van der Waals surface area contributed by atoms with Crippen LogP contribution >= 0.6 is 11.3 Å². The molecule has 0 bridgehead atoms. The Labute approximate surface area is 133 Å². The Morgan fingerprint density at radius 1 is 1.23 bits per heavy atom. The van der Waals surface area contributed by atoms with Crippen LogP contribution in [0.4, 0.5) is 4.79 Å². The van der Waals surface area contributed by atoms with Gasteiger partial charge in [0.2, 0.25) is 0 Å². The highest BCUT2D eigenvalue weighted by atomic mass is 32.2. The average Bonchev–Trinajstić information content (AvgIpc) is 2.91. The van der Waals surface area contributed by atoms with Gasteiger partial charge in [0.25, 0.3) is 0 Å². The molecular formula is C14H17N3O3S2. The van der Waals surface area contributed by atoms with E-state index in [1.165, 1.54) is 11.3 Å². The van der Waals surface area contributed by atoms with Crippen molar-refractivity contribution in [2.75, 3.05) is 12.3 Å². The number of nitrogens with one attached hydrogen (secondary N) is 2. The van der Waals surface area contributed by atoms with E-state index in [0.717, 1.165) is 9.88 Å². The van der Waals surface area contributed by atoms with Crippen molar-refractivity contribution in [2.45, 2.75) is 18.4 Å². The number of benzene rings is 1. The molecule has 0 fully saturated rings. The number of aryl methyl sites for hydroxylation is 1. The highest BCUT2D eigenvalue weighted by Gasteiger charge is 2.13. The van der Waals surface area contributed by atoms with Gasteiger partial charge in [0.15, 0.2) is 9.84 Å². The molecule has 2 N–H and O–H groups in total. The second kappa shape index (κ2) is 7.37. The van der Waals surface area contributed by atoms with Gasteiger partial charge in [-0.3, -0.25) is 0 Å². The minimum absolute atomic E-state index is 0.0603. The van der Waals surface area contributed by atoms with E-state index in [1.807, 2.05) is 6.92 Å². The number of carbonyl (C=O) groups excluding carboxylic acids is 1. The monoisotopic (exact) mass is 339 g/mol. The number of carbonyl (C=O) groups is 1. The van der Waals surface area contributed by atoms with E-state index in [9.17, 15) is 13.2 Å². The Hall–Kier alpha value is -1.93. The Bertz CT molecular complexity index is 727. The van der Waals surface area contributed by atoms with Crippen LogP contribution in [0.25, 0.3) is 0 Å². The van der Waals surface area contributed by atoms with E-state index in [1.54, 1.807) is 36.5 Å². The molecule has 6 nitrogen and oxygen atoms in total. The number of thiazole rings is 1. The molecule has 0 saturated carbocycles. The fourth-order valence-electron chi connectivity index (χ4n) is 1.76. The molecule has 0 aliphatic heterocycles. The topological polar surface area (TPSA) is 88.2 Å². The smallest absolute Gasteiger partial charge is 0.315 e. The molecule has 0 unspecified atom stereocenters. The number of urea groups is 1. The Kier molecular flexibility index (Phi) is 5.51. The third kappa shape index (κ3) is 4.81. The molecule has 0 atom stereocenters. The molecular weight excluding hydrogens is 322 g/mol. The first-order valence-electron chi connectivity index (χ1n) is 6.68. The van der Waals surface area contributed by atoms with E-state index >= 15 is 0 Å². The van der Waals surface area contributed by atoms with E-state index in [-0.39, 0.29) is 17.2 Å². The Balaban J connectivity index is 1.75. The number of nitrogens with zero attached hydrogens (tertiary/aromatic N) is 1. The predicted molar refractivity (Wildman–Crippen MR) is 85.6 cm³/mol. The SMILES string of the molecule is Cc1ncc(CNC(=O)NCCS(=O)(=O)c2ccccc2)s1. The van der Waals surface area contributed by atoms with E-state index in [4.69, 9.17) is 0 Å². The van der Waals surface area contributed by atoms with Gasteiger partial charge in [-0.05, 0) is 19.1 Å². The van der Waals surface area contributed by atoms with Crippen molar-refractivity contribution < 1.29 is 13.2 Å². The fraction of sp³-hybridized carbons (Fsp3) is 0.286. The second-order valence-corrected chi connectivity index (χ2v) is 8.02. The van der Waals surface area contributed by atoms with Gasteiger partial charge in [0.1, 0.15) is 0 Å². The number of hydrogen-bond acceptors (Lipinski definition) is 5. The zero-order chi connectivity index (χ0) is 16.0. The molecule has 1 aromatic heterocycles. The first kappa shape index (κ1) is 16.4. The van der Waals surface area contributed by atoms with Crippen molar-refractivity contribution in [3.05, 3.63) is 46.4 Å². The van der Waals surface area contributed by atoms with Crippen molar-refractivity contribution in [1.29, 1.82) is 0 Å². The zero-order valence-electron chi connectivity index (χ0n) is 12.1.